The number of nitrogens with zero attached hydrogens (tertiary/aromatic N) is 2. The molecule has 2 heterocycles. The highest BCUT2D eigenvalue weighted by Crippen LogP contribution is 2.33. The molecule has 0 unspecified atom stereocenters. The Hall–Kier alpha value is -4.36. The largest absolute Gasteiger partial charge is 0.491 e. The molecule has 0 aliphatic heterocycles. The van der Waals surface area contributed by atoms with Gasteiger partial charge in [0.1, 0.15) is 5.75 Å². The van der Waals surface area contributed by atoms with Gasteiger partial charge in [-0.3, -0.25) is 14.9 Å². The summed E-state index contributed by atoms with van der Waals surface area (Å²) >= 11 is 1.54. The van der Waals surface area contributed by atoms with E-state index in [0.29, 0.717) is 11.3 Å². The van der Waals surface area contributed by atoms with Crippen molar-refractivity contribution in [2.24, 2.45) is 0 Å². The lowest BCUT2D eigenvalue weighted by Crippen LogP contribution is -2.13. The summed E-state index contributed by atoms with van der Waals surface area (Å²) in [5.41, 5.74) is 3.94. The maximum atomic E-state index is 13.2. The minimum atomic E-state index is -0.172. The van der Waals surface area contributed by atoms with Crippen LogP contribution in [0.5, 0.6) is 5.75 Å². The van der Waals surface area contributed by atoms with Gasteiger partial charge in [0.05, 0.1) is 28.6 Å². The summed E-state index contributed by atoms with van der Waals surface area (Å²) in [5, 5.41) is 11.6. The number of aromatic amines is 1. The minimum Gasteiger partial charge on any atom is -0.491 e. The molecular formula is C30H26N4O2S. The molecule has 0 aliphatic carbocycles. The Bertz CT molecular complexity index is 1560. The summed E-state index contributed by atoms with van der Waals surface area (Å²) in [6.07, 6.45) is 5.72. The number of fused-ring (bicyclic) bond motifs is 1. The highest BCUT2D eigenvalue weighted by Gasteiger charge is 2.14. The molecule has 184 valence electrons. The molecule has 37 heavy (non-hydrogen) atoms. The van der Waals surface area contributed by atoms with E-state index in [9.17, 15) is 4.79 Å². The molecule has 0 aliphatic rings. The molecule has 1 amide bonds. The van der Waals surface area contributed by atoms with E-state index in [4.69, 9.17) is 4.74 Å². The summed E-state index contributed by atoms with van der Waals surface area (Å²) in [5.74, 6) is 0.548. The van der Waals surface area contributed by atoms with Gasteiger partial charge in [0.25, 0.3) is 5.91 Å². The van der Waals surface area contributed by atoms with Gasteiger partial charge >= 0.3 is 0 Å². The molecule has 0 bridgehead atoms. The van der Waals surface area contributed by atoms with Gasteiger partial charge < -0.3 is 10.1 Å². The summed E-state index contributed by atoms with van der Waals surface area (Å²) in [4.78, 5) is 19.4. The summed E-state index contributed by atoms with van der Waals surface area (Å²) < 4.78 is 5.75. The standard InChI is InChI=1S/C30H26N4O2S/c1-20(2)36-23-10-7-9-22(18-23)32-30(35)26-11-3-4-12-29(26)37-24-14-15-25-27(33-34-28(25)19-24)16-13-21-8-5-6-17-31-21/h3-20H,1-2H3,(H,32,35)(H,33,34)/b16-13+. The molecule has 5 rings (SSSR count). The Kier molecular flexibility index (Phi) is 7.33. The van der Waals surface area contributed by atoms with Crippen molar-refractivity contribution in [2.75, 3.05) is 5.32 Å². The van der Waals surface area contributed by atoms with Gasteiger partial charge in [-0.1, -0.05) is 36.0 Å². The number of rotatable bonds is 8. The first-order valence-electron chi connectivity index (χ1n) is 12.0. The van der Waals surface area contributed by atoms with Crippen LogP contribution < -0.4 is 10.1 Å². The number of hydrogen-bond acceptors (Lipinski definition) is 5. The number of H-pyrrole nitrogens is 1. The van der Waals surface area contributed by atoms with E-state index in [2.05, 4.69) is 20.5 Å². The molecule has 0 saturated carbocycles. The van der Waals surface area contributed by atoms with Crippen molar-refractivity contribution >= 4 is 46.4 Å². The predicted octanol–water partition coefficient (Wildman–Crippen LogP) is 7.32. The Balaban J connectivity index is 1.33. The Morgan fingerprint density at radius 3 is 2.68 bits per heavy atom. The van der Waals surface area contributed by atoms with Crippen LogP contribution in [0.25, 0.3) is 23.1 Å². The number of benzene rings is 3. The topological polar surface area (TPSA) is 79.9 Å². The van der Waals surface area contributed by atoms with Gasteiger partial charge in [0, 0.05) is 33.1 Å². The van der Waals surface area contributed by atoms with E-state index in [1.165, 1.54) is 11.8 Å². The zero-order valence-electron chi connectivity index (χ0n) is 20.5. The van der Waals surface area contributed by atoms with Crippen molar-refractivity contribution in [3.8, 4) is 5.75 Å². The van der Waals surface area contributed by atoms with E-state index < -0.39 is 0 Å². The Labute approximate surface area is 219 Å². The monoisotopic (exact) mass is 506 g/mol. The molecular weight excluding hydrogens is 480 g/mol. The van der Waals surface area contributed by atoms with Crippen LogP contribution in [0, 0.1) is 0 Å². The van der Waals surface area contributed by atoms with Crippen molar-refractivity contribution in [1.29, 1.82) is 0 Å². The predicted molar refractivity (Wildman–Crippen MR) is 150 cm³/mol. The number of amides is 1. The van der Waals surface area contributed by atoms with E-state index >= 15 is 0 Å². The second-order valence-corrected chi connectivity index (χ2v) is 9.77. The van der Waals surface area contributed by atoms with Crippen LogP contribution in [0.3, 0.4) is 0 Å². The molecule has 5 aromatic rings. The van der Waals surface area contributed by atoms with Gasteiger partial charge in [-0.05, 0) is 80.6 Å². The Morgan fingerprint density at radius 1 is 0.973 bits per heavy atom. The summed E-state index contributed by atoms with van der Waals surface area (Å²) in [6, 6.07) is 27.0. The maximum absolute atomic E-state index is 13.2. The highest BCUT2D eigenvalue weighted by atomic mass is 32.2. The number of ether oxygens (including phenoxy) is 1. The van der Waals surface area contributed by atoms with Gasteiger partial charge in [-0.2, -0.15) is 5.10 Å². The molecule has 0 radical (unpaired) electrons. The number of carbonyl (C=O) groups excluding carboxylic acids is 1. The van der Waals surface area contributed by atoms with Gasteiger partial charge in [0.15, 0.2) is 0 Å². The number of pyridine rings is 1. The number of nitrogens with one attached hydrogen (secondary N) is 2. The molecule has 2 N–H and O–H groups in total. The van der Waals surface area contributed by atoms with Crippen molar-refractivity contribution in [3.05, 3.63) is 108 Å². The van der Waals surface area contributed by atoms with Crippen molar-refractivity contribution in [1.82, 2.24) is 15.2 Å². The number of anilines is 1. The fraction of sp³-hybridized carbons (Fsp3) is 0.100. The van der Waals surface area contributed by atoms with Gasteiger partial charge in [0.2, 0.25) is 0 Å². The van der Waals surface area contributed by atoms with Crippen LogP contribution in [-0.4, -0.2) is 27.2 Å². The third kappa shape index (κ3) is 6.08. The molecule has 0 saturated heterocycles. The van der Waals surface area contributed by atoms with Crippen molar-refractivity contribution in [3.63, 3.8) is 0 Å². The van der Waals surface area contributed by atoms with Crippen LogP contribution in [0.2, 0.25) is 0 Å². The van der Waals surface area contributed by atoms with Crippen molar-refractivity contribution in [2.45, 2.75) is 29.7 Å². The Morgan fingerprint density at radius 2 is 1.84 bits per heavy atom. The maximum Gasteiger partial charge on any atom is 0.256 e. The molecule has 3 aromatic carbocycles. The SMILES string of the molecule is CC(C)Oc1cccc(NC(=O)c2ccccc2Sc2ccc3c(/C=C/c4ccccn4)n[nH]c3c2)c1. The molecule has 0 fully saturated rings. The summed E-state index contributed by atoms with van der Waals surface area (Å²) in [7, 11) is 0. The van der Waals surface area contributed by atoms with E-state index in [1.54, 1.807) is 6.20 Å². The molecule has 0 atom stereocenters. The number of aromatic nitrogens is 3. The zero-order valence-corrected chi connectivity index (χ0v) is 21.3. The third-order valence-corrected chi connectivity index (χ3v) is 6.55. The average Bonchev–Trinajstić information content (AvgIpc) is 3.30. The fourth-order valence-electron chi connectivity index (χ4n) is 3.84. The quantitative estimate of drug-likeness (QED) is 0.230. The third-order valence-electron chi connectivity index (χ3n) is 5.49. The molecule has 0 spiro atoms. The van der Waals surface area contributed by atoms with E-state index in [1.807, 2.05) is 111 Å². The first kappa shape index (κ1) is 24.3. The first-order valence-corrected chi connectivity index (χ1v) is 12.8. The van der Waals surface area contributed by atoms with Crippen LogP contribution in [0.4, 0.5) is 5.69 Å². The minimum absolute atomic E-state index is 0.0586. The lowest BCUT2D eigenvalue weighted by molar-refractivity contribution is 0.102. The normalized spacial score (nSPS) is 11.3. The molecule has 7 heteroatoms. The molecule has 2 aromatic heterocycles. The number of hydrogen-bond donors (Lipinski definition) is 2. The lowest BCUT2D eigenvalue weighted by Gasteiger charge is -2.13. The average molecular weight is 507 g/mol. The lowest BCUT2D eigenvalue weighted by atomic mass is 10.2. The van der Waals surface area contributed by atoms with Crippen LogP contribution in [0.1, 0.15) is 35.6 Å². The second kappa shape index (κ2) is 11.1. The van der Waals surface area contributed by atoms with E-state index in [-0.39, 0.29) is 12.0 Å². The van der Waals surface area contributed by atoms with E-state index in [0.717, 1.165) is 37.8 Å². The van der Waals surface area contributed by atoms with Crippen molar-refractivity contribution < 1.29 is 9.53 Å². The van der Waals surface area contributed by atoms with Crippen LogP contribution in [0.15, 0.2) is 101 Å². The fourth-order valence-corrected chi connectivity index (χ4v) is 4.82. The number of carbonyl (C=O) groups is 1. The van der Waals surface area contributed by atoms with Crippen LogP contribution in [-0.2, 0) is 0 Å². The summed E-state index contributed by atoms with van der Waals surface area (Å²) in [6.45, 7) is 3.94. The highest BCUT2D eigenvalue weighted by molar-refractivity contribution is 7.99. The van der Waals surface area contributed by atoms with Crippen LogP contribution >= 0.6 is 11.8 Å². The first-order chi connectivity index (χ1) is 18.0. The second-order valence-electron chi connectivity index (χ2n) is 8.65. The molecule has 6 nitrogen and oxygen atoms in total. The zero-order chi connectivity index (χ0) is 25.6. The van der Waals surface area contributed by atoms with Gasteiger partial charge in [-0.25, -0.2) is 0 Å². The smallest absolute Gasteiger partial charge is 0.256 e. The van der Waals surface area contributed by atoms with Gasteiger partial charge in [-0.15, -0.1) is 0 Å².